The van der Waals surface area contributed by atoms with Gasteiger partial charge < -0.3 is 5.32 Å². The molecule has 1 N–H and O–H groups in total. The first-order valence-corrected chi connectivity index (χ1v) is 3.26. The first-order valence-electron chi connectivity index (χ1n) is 3.26. The van der Waals surface area contributed by atoms with Crippen molar-refractivity contribution in [1.29, 1.82) is 0 Å². The van der Waals surface area contributed by atoms with E-state index in [-0.39, 0.29) is 30.6 Å². The Morgan fingerprint density at radius 3 is 2.21 bits per heavy atom. The molecular weight excluding hydrogens is 240 g/mol. The van der Waals surface area contributed by atoms with Crippen LogP contribution in [0, 0.1) is 0 Å². The van der Waals surface area contributed by atoms with E-state index in [1.807, 2.05) is 0 Å². The minimum atomic E-state index is -4.37. The van der Waals surface area contributed by atoms with Crippen molar-refractivity contribution >= 4 is 30.6 Å². The molecule has 0 aliphatic carbocycles. The summed E-state index contributed by atoms with van der Waals surface area (Å²) in [6.45, 7) is 0. The van der Waals surface area contributed by atoms with Crippen LogP contribution in [0.15, 0.2) is 18.2 Å². The second-order valence-corrected chi connectivity index (χ2v) is 2.16. The Balaban J connectivity index is 0. The lowest BCUT2D eigenvalue weighted by atomic mass is 10.3. The Bertz CT molecular complexity index is 278. The Morgan fingerprint density at radius 1 is 1.21 bits per heavy atom. The van der Waals surface area contributed by atoms with E-state index in [1.165, 1.54) is 19.2 Å². The molecule has 0 fully saturated rings. The minimum Gasteiger partial charge on any atom is -0.373 e. The van der Waals surface area contributed by atoms with Crippen molar-refractivity contribution < 1.29 is 13.2 Å². The molecule has 14 heavy (non-hydrogen) atoms. The number of rotatable bonds is 1. The standard InChI is InChI=1S/C7H7F3N2.2ClH/c1-11-6-4-2-3-5(12-6)7(8,9)10;;/h2-4H,1H3,(H,11,12);2*1H. The van der Waals surface area contributed by atoms with E-state index in [1.54, 1.807) is 0 Å². The number of pyridine rings is 1. The molecule has 0 bridgehead atoms. The van der Waals surface area contributed by atoms with Crippen molar-refractivity contribution in [1.82, 2.24) is 4.98 Å². The first-order chi connectivity index (χ1) is 5.54. The highest BCUT2D eigenvalue weighted by Crippen LogP contribution is 2.27. The molecule has 0 aliphatic rings. The van der Waals surface area contributed by atoms with Gasteiger partial charge in [-0.25, -0.2) is 4.98 Å². The molecule has 0 radical (unpaired) electrons. The van der Waals surface area contributed by atoms with Gasteiger partial charge in [-0.3, -0.25) is 0 Å². The molecule has 82 valence electrons. The zero-order valence-electron chi connectivity index (χ0n) is 7.13. The molecule has 1 rings (SSSR count). The highest BCUT2D eigenvalue weighted by Gasteiger charge is 2.32. The lowest BCUT2D eigenvalue weighted by Gasteiger charge is -2.06. The number of halogens is 5. The predicted octanol–water partition coefficient (Wildman–Crippen LogP) is 2.99. The molecule has 7 heteroatoms. The topological polar surface area (TPSA) is 24.9 Å². The monoisotopic (exact) mass is 248 g/mol. The Hall–Kier alpha value is -0.680. The van der Waals surface area contributed by atoms with Crippen LogP contribution in [0.25, 0.3) is 0 Å². The molecule has 0 aromatic carbocycles. The fraction of sp³-hybridized carbons (Fsp3) is 0.286. The summed E-state index contributed by atoms with van der Waals surface area (Å²) >= 11 is 0. The second kappa shape index (κ2) is 5.93. The highest BCUT2D eigenvalue weighted by atomic mass is 35.5. The average molecular weight is 249 g/mol. The molecule has 0 unspecified atom stereocenters. The van der Waals surface area contributed by atoms with Gasteiger partial charge in [-0.05, 0) is 12.1 Å². The number of alkyl halides is 3. The van der Waals surface area contributed by atoms with Crippen molar-refractivity contribution in [3.8, 4) is 0 Å². The van der Waals surface area contributed by atoms with Gasteiger partial charge in [0.25, 0.3) is 0 Å². The van der Waals surface area contributed by atoms with Crippen LogP contribution in [-0.4, -0.2) is 12.0 Å². The average Bonchev–Trinajstić information content (AvgIpc) is 2.03. The number of aromatic nitrogens is 1. The van der Waals surface area contributed by atoms with Gasteiger partial charge in [-0.1, -0.05) is 6.07 Å². The quantitative estimate of drug-likeness (QED) is 0.827. The molecule has 2 nitrogen and oxygen atoms in total. The summed E-state index contributed by atoms with van der Waals surface area (Å²) in [5.41, 5.74) is -0.880. The fourth-order valence-electron chi connectivity index (χ4n) is 0.732. The predicted molar refractivity (Wildman–Crippen MR) is 53.3 cm³/mol. The highest BCUT2D eigenvalue weighted by molar-refractivity contribution is 5.85. The number of anilines is 1. The zero-order valence-corrected chi connectivity index (χ0v) is 8.76. The van der Waals surface area contributed by atoms with Crippen molar-refractivity contribution in [3.05, 3.63) is 23.9 Å². The first kappa shape index (κ1) is 15.8. The van der Waals surface area contributed by atoms with Crippen molar-refractivity contribution in [2.24, 2.45) is 0 Å². The molecule has 0 amide bonds. The zero-order chi connectivity index (χ0) is 9.19. The van der Waals surface area contributed by atoms with Crippen molar-refractivity contribution in [2.45, 2.75) is 6.18 Å². The maximum Gasteiger partial charge on any atom is 0.433 e. The van der Waals surface area contributed by atoms with Gasteiger partial charge in [0.05, 0.1) is 0 Å². The van der Waals surface area contributed by atoms with Crippen LogP contribution in [0.4, 0.5) is 19.0 Å². The minimum absolute atomic E-state index is 0. The van der Waals surface area contributed by atoms with Gasteiger partial charge >= 0.3 is 6.18 Å². The fourth-order valence-corrected chi connectivity index (χ4v) is 0.732. The van der Waals surface area contributed by atoms with Gasteiger partial charge in [0.2, 0.25) is 0 Å². The molecule has 1 aromatic heterocycles. The maximum atomic E-state index is 12.0. The third-order valence-electron chi connectivity index (χ3n) is 1.30. The SMILES string of the molecule is CNc1cccc(C(F)(F)F)n1.Cl.Cl. The molecule has 0 aliphatic heterocycles. The van der Waals surface area contributed by atoms with E-state index in [0.29, 0.717) is 0 Å². The summed E-state index contributed by atoms with van der Waals surface area (Å²) in [4.78, 5) is 3.33. The largest absolute Gasteiger partial charge is 0.433 e. The maximum absolute atomic E-state index is 12.0. The summed E-state index contributed by atoms with van der Waals surface area (Å²) in [6.07, 6.45) is -4.37. The summed E-state index contributed by atoms with van der Waals surface area (Å²) in [5, 5.41) is 2.53. The molecule has 0 spiro atoms. The molecular formula is C7H9Cl2F3N2. The number of nitrogens with one attached hydrogen (secondary N) is 1. The summed E-state index contributed by atoms with van der Waals surface area (Å²) in [7, 11) is 1.52. The van der Waals surface area contributed by atoms with E-state index in [0.717, 1.165) is 6.07 Å². The van der Waals surface area contributed by atoms with E-state index < -0.39 is 11.9 Å². The van der Waals surface area contributed by atoms with Crippen LogP contribution >= 0.6 is 24.8 Å². The van der Waals surface area contributed by atoms with Gasteiger partial charge in [0.1, 0.15) is 11.5 Å². The molecule has 0 saturated carbocycles. The van der Waals surface area contributed by atoms with Gasteiger partial charge in [-0.15, -0.1) is 24.8 Å². The Morgan fingerprint density at radius 2 is 1.79 bits per heavy atom. The molecule has 1 aromatic rings. The van der Waals surface area contributed by atoms with Crippen LogP contribution in [-0.2, 0) is 6.18 Å². The molecule has 1 heterocycles. The number of nitrogens with zero attached hydrogens (tertiary/aromatic N) is 1. The van der Waals surface area contributed by atoms with E-state index in [4.69, 9.17) is 0 Å². The third-order valence-corrected chi connectivity index (χ3v) is 1.30. The number of hydrogen-bond acceptors (Lipinski definition) is 2. The summed E-state index contributed by atoms with van der Waals surface area (Å²) in [6, 6.07) is 3.71. The summed E-state index contributed by atoms with van der Waals surface area (Å²) in [5.74, 6) is 0.213. The third kappa shape index (κ3) is 4.02. The lowest BCUT2D eigenvalue weighted by Crippen LogP contribution is -2.08. The second-order valence-electron chi connectivity index (χ2n) is 2.16. The number of hydrogen-bond donors (Lipinski definition) is 1. The van der Waals surface area contributed by atoms with Crippen LogP contribution in [0.5, 0.6) is 0 Å². The van der Waals surface area contributed by atoms with Crippen LogP contribution in [0.3, 0.4) is 0 Å². The van der Waals surface area contributed by atoms with Crippen molar-refractivity contribution in [3.63, 3.8) is 0 Å². The van der Waals surface area contributed by atoms with E-state index in [2.05, 4.69) is 10.3 Å². The van der Waals surface area contributed by atoms with Gasteiger partial charge in [0, 0.05) is 7.05 Å². The van der Waals surface area contributed by atoms with Crippen LogP contribution in [0.1, 0.15) is 5.69 Å². The normalized spacial score (nSPS) is 9.71. The smallest absolute Gasteiger partial charge is 0.373 e. The van der Waals surface area contributed by atoms with E-state index >= 15 is 0 Å². The Labute approximate surface area is 91.7 Å². The van der Waals surface area contributed by atoms with Gasteiger partial charge in [-0.2, -0.15) is 13.2 Å². The lowest BCUT2D eigenvalue weighted by molar-refractivity contribution is -0.141. The van der Waals surface area contributed by atoms with Crippen LogP contribution < -0.4 is 5.32 Å². The van der Waals surface area contributed by atoms with Crippen LogP contribution in [0.2, 0.25) is 0 Å². The summed E-state index contributed by atoms with van der Waals surface area (Å²) < 4.78 is 36.0. The van der Waals surface area contributed by atoms with Gasteiger partial charge in [0.15, 0.2) is 0 Å². The Kier molecular flexibility index (Phi) is 6.68. The molecule has 0 saturated heterocycles. The molecule has 0 atom stereocenters. The van der Waals surface area contributed by atoms with Crippen molar-refractivity contribution in [2.75, 3.05) is 12.4 Å². The van der Waals surface area contributed by atoms with E-state index in [9.17, 15) is 13.2 Å².